The number of amides is 3. The van der Waals surface area contributed by atoms with E-state index in [4.69, 9.17) is 16.3 Å². The number of hydrogen-bond donors (Lipinski definition) is 4. The van der Waals surface area contributed by atoms with Crippen LogP contribution in [0.25, 0.3) is 0 Å². The zero-order valence-electron chi connectivity index (χ0n) is 17.9. The molecule has 0 radical (unpaired) electrons. The van der Waals surface area contributed by atoms with Gasteiger partial charge < -0.3 is 26.0 Å². The average Bonchev–Trinajstić information content (AvgIpc) is 2.77. The fourth-order valence-corrected chi connectivity index (χ4v) is 3.16. The first-order valence-corrected chi connectivity index (χ1v) is 10.4. The predicted molar refractivity (Wildman–Crippen MR) is 130 cm³/mol. The molecule has 32 heavy (non-hydrogen) atoms. The van der Waals surface area contributed by atoms with E-state index in [9.17, 15) is 9.59 Å². The first-order chi connectivity index (χ1) is 15.4. The van der Waals surface area contributed by atoms with Crippen LogP contribution in [0.1, 0.15) is 12.0 Å². The molecule has 0 saturated heterocycles. The normalized spacial score (nSPS) is 10.2. The summed E-state index contributed by atoms with van der Waals surface area (Å²) in [5.74, 6) is 0.491. The quantitative estimate of drug-likeness (QED) is 0.350. The summed E-state index contributed by atoms with van der Waals surface area (Å²) in [7, 11) is 1.57. The highest BCUT2D eigenvalue weighted by atomic mass is 35.5. The Morgan fingerprint density at radius 2 is 1.62 bits per heavy atom. The number of carbonyl (C=O) groups excluding carboxylic acids is 2. The number of nitrogens with one attached hydrogen (secondary N) is 4. The predicted octanol–water partition coefficient (Wildman–Crippen LogP) is 5.74. The van der Waals surface area contributed by atoms with Gasteiger partial charge in [-0.2, -0.15) is 0 Å². The van der Waals surface area contributed by atoms with Crippen molar-refractivity contribution < 1.29 is 14.3 Å². The van der Waals surface area contributed by atoms with Crippen LogP contribution in [0.5, 0.6) is 5.75 Å². The van der Waals surface area contributed by atoms with Gasteiger partial charge in [-0.3, -0.25) is 4.79 Å². The Bertz CT molecular complexity index is 1090. The van der Waals surface area contributed by atoms with Crippen LogP contribution >= 0.6 is 11.6 Å². The maximum absolute atomic E-state index is 12.4. The molecule has 7 nitrogen and oxygen atoms in total. The van der Waals surface area contributed by atoms with Crippen molar-refractivity contribution in [3.05, 3.63) is 77.3 Å². The molecule has 0 fully saturated rings. The molecule has 0 atom stereocenters. The third-order valence-electron chi connectivity index (χ3n) is 4.63. The number of methoxy groups -OCH3 is 1. The van der Waals surface area contributed by atoms with Crippen LogP contribution in [0.2, 0.25) is 5.02 Å². The minimum atomic E-state index is -0.364. The maximum Gasteiger partial charge on any atom is 0.323 e. The monoisotopic (exact) mass is 452 g/mol. The van der Waals surface area contributed by atoms with Crippen LogP contribution < -0.4 is 26.0 Å². The highest BCUT2D eigenvalue weighted by Gasteiger charge is 2.09. The Hall–Kier alpha value is -3.71. The second-order valence-electron chi connectivity index (χ2n) is 7.04. The molecule has 0 aliphatic carbocycles. The second-order valence-corrected chi connectivity index (χ2v) is 7.48. The lowest BCUT2D eigenvalue weighted by molar-refractivity contribution is -0.115. The zero-order valence-corrected chi connectivity index (χ0v) is 18.6. The van der Waals surface area contributed by atoms with Crippen molar-refractivity contribution in [2.75, 3.05) is 34.9 Å². The molecule has 4 N–H and O–H groups in total. The molecule has 3 aromatic carbocycles. The molecule has 0 heterocycles. The fraction of sp³-hybridized carbons (Fsp3) is 0.167. The summed E-state index contributed by atoms with van der Waals surface area (Å²) in [6, 6.07) is 19.4. The molecular weight excluding hydrogens is 428 g/mol. The summed E-state index contributed by atoms with van der Waals surface area (Å²) in [5.41, 5.74) is 3.50. The number of ether oxygens (including phenoxy) is 1. The lowest BCUT2D eigenvalue weighted by Gasteiger charge is -2.13. The summed E-state index contributed by atoms with van der Waals surface area (Å²) in [6.45, 7) is 2.29. The summed E-state index contributed by atoms with van der Waals surface area (Å²) < 4.78 is 5.29. The van der Waals surface area contributed by atoms with Gasteiger partial charge in [0.1, 0.15) is 5.75 Å². The van der Waals surface area contributed by atoms with Gasteiger partial charge in [0.15, 0.2) is 0 Å². The Morgan fingerprint density at radius 1 is 0.875 bits per heavy atom. The minimum Gasteiger partial charge on any atom is -0.495 e. The zero-order chi connectivity index (χ0) is 22.9. The van der Waals surface area contributed by atoms with Crippen LogP contribution in [0, 0.1) is 6.92 Å². The molecule has 0 saturated carbocycles. The van der Waals surface area contributed by atoms with Crippen LogP contribution in [-0.4, -0.2) is 25.6 Å². The maximum atomic E-state index is 12.4. The van der Waals surface area contributed by atoms with Crippen molar-refractivity contribution >= 4 is 46.3 Å². The van der Waals surface area contributed by atoms with E-state index in [1.165, 1.54) is 0 Å². The van der Waals surface area contributed by atoms with Gasteiger partial charge >= 0.3 is 6.03 Å². The third-order valence-corrected chi connectivity index (χ3v) is 4.87. The molecule has 0 bridgehead atoms. The summed E-state index contributed by atoms with van der Waals surface area (Å²) in [5, 5.41) is 12.2. The second kappa shape index (κ2) is 11.1. The van der Waals surface area contributed by atoms with Crippen molar-refractivity contribution in [2.24, 2.45) is 0 Å². The Morgan fingerprint density at radius 3 is 2.38 bits per heavy atom. The Labute approximate surface area is 192 Å². The molecule has 0 aromatic heterocycles. The number of hydrogen-bond acceptors (Lipinski definition) is 4. The SMILES string of the molecule is COc1ccc(Cl)cc1NCCC(=O)Nc1cc(NC(=O)Nc2ccccc2)ccc1C. The van der Waals surface area contributed by atoms with Gasteiger partial charge in [0.05, 0.1) is 12.8 Å². The van der Waals surface area contributed by atoms with E-state index in [1.54, 1.807) is 49.6 Å². The van der Waals surface area contributed by atoms with E-state index in [1.807, 2.05) is 31.2 Å². The lowest BCUT2D eigenvalue weighted by Crippen LogP contribution is -2.20. The summed E-state index contributed by atoms with van der Waals surface area (Å²) in [6.07, 6.45) is 0.237. The highest BCUT2D eigenvalue weighted by molar-refractivity contribution is 6.30. The number of rotatable bonds is 8. The van der Waals surface area contributed by atoms with Gasteiger partial charge in [-0.25, -0.2) is 4.79 Å². The van der Waals surface area contributed by atoms with Gasteiger partial charge in [0, 0.05) is 35.1 Å². The number of aryl methyl sites for hydroxylation is 1. The summed E-state index contributed by atoms with van der Waals surface area (Å²) >= 11 is 6.03. The van der Waals surface area contributed by atoms with Crippen molar-refractivity contribution in [2.45, 2.75) is 13.3 Å². The van der Waals surface area contributed by atoms with E-state index in [0.717, 1.165) is 11.3 Å². The third kappa shape index (κ3) is 6.65. The van der Waals surface area contributed by atoms with Crippen LogP contribution in [0.15, 0.2) is 66.7 Å². The van der Waals surface area contributed by atoms with Gasteiger partial charge in [-0.1, -0.05) is 35.9 Å². The lowest BCUT2D eigenvalue weighted by atomic mass is 10.1. The molecule has 166 valence electrons. The topological polar surface area (TPSA) is 91.5 Å². The number of urea groups is 1. The van der Waals surface area contributed by atoms with Crippen molar-refractivity contribution in [1.82, 2.24) is 0 Å². The van der Waals surface area contributed by atoms with Crippen molar-refractivity contribution in [3.8, 4) is 5.75 Å². The first kappa shape index (κ1) is 23.0. The molecule has 0 unspecified atom stereocenters. The molecule has 0 spiro atoms. The van der Waals surface area contributed by atoms with Crippen LogP contribution in [0.3, 0.4) is 0 Å². The average molecular weight is 453 g/mol. The molecule has 3 amide bonds. The fourth-order valence-electron chi connectivity index (χ4n) is 2.99. The van der Waals surface area contributed by atoms with Crippen molar-refractivity contribution in [1.29, 1.82) is 0 Å². The van der Waals surface area contributed by atoms with E-state index < -0.39 is 0 Å². The highest BCUT2D eigenvalue weighted by Crippen LogP contribution is 2.27. The molecule has 8 heteroatoms. The van der Waals surface area contributed by atoms with Gasteiger partial charge in [-0.15, -0.1) is 0 Å². The van der Waals surface area contributed by atoms with E-state index >= 15 is 0 Å². The molecular formula is C24H25ClN4O3. The van der Waals surface area contributed by atoms with Gasteiger partial charge in [0.2, 0.25) is 5.91 Å². The van der Waals surface area contributed by atoms with Gasteiger partial charge in [0.25, 0.3) is 0 Å². The van der Waals surface area contributed by atoms with Crippen LogP contribution in [0.4, 0.5) is 27.5 Å². The first-order valence-electron chi connectivity index (χ1n) is 10.1. The summed E-state index contributed by atoms with van der Waals surface area (Å²) in [4.78, 5) is 24.7. The van der Waals surface area contributed by atoms with E-state index in [2.05, 4.69) is 21.3 Å². The molecule has 3 aromatic rings. The van der Waals surface area contributed by atoms with Gasteiger partial charge in [-0.05, 0) is 55.0 Å². The number of para-hydroxylation sites is 1. The van der Waals surface area contributed by atoms with Crippen molar-refractivity contribution in [3.63, 3.8) is 0 Å². The number of benzene rings is 3. The van der Waals surface area contributed by atoms with E-state index in [-0.39, 0.29) is 18.4 Å². The minimum absolute atomic E-state index is 0.160. The number of carbonyl (C=O) groups is 2. The smallest absolute Gasteiger partial charge is 0.323 e. The van der Waals surface area contributed by atoms with Crippen LogP contribution in [-0.2, 0) is 4.79 Å². The standard InChI is InChI=1S/C24H25ClN4O3/c1-16-8-10-19(28-24(31)27-18-6-4-3-5-7-18)15-20(16)29-23(30)12-13-26-21-14-17(25)9-11-22(21)32-2/h3-11,14-15,26H,12-13H2,1-2H3,(H,29,30)(H2,27,28,31). The number of anilines is 4. The number of halogens is 1. The van der Waals surface area contributed by atoms with E-state index in [0.29, 0.717) is 34.4 Å². The Kier molecular flexibility index (Phi) is 7.94. The molecule has 0 aliphatic heterocycles. The Balaban J connectivity index is 1.54. The molecule has 3 rings (SSSR count). The largest absolute Gasteiger partial charge is 0.495 e. The molecule has 0 aliphatic rings.